The molecule has 0 bridgehead atoms. The van der Waals surface area contributed by atoms with Crippen LogP contribution in [0.5, 0.6) is 0 Å². The predicted molar refractivity (Wildman–Crippen MR) is 94.1 cm³/mol. The number of benzene rings is 1. The Morgan fingerprint density at radius 2 is 2.12 bits per heavy atom. The second-order valence-corrected chi connectivity index (χ2v) is 5.22. The van der Waals surface area contributed by atoms with Gasteiger partial charge < -0.3 is 10.5 Å². The van der Waals surface area contributed by atoms with Crippen LogP contribution in [0.2, 0.25) is 0 Å². The summed E-state index contributed by atoms with van der Waals surface area (Å²) >= 11 is 0. The van der Waals surface area contributed by atoms with E-state index in [4.69, 9.17) is 5.21 Å². The molecule has 0 radical (unpaired) electrons. The van der Waals surface area contributed by atoms with Gasteiger partial charge >= 0.3 is 0 Å². The number of nitrogens with one attached hydrogen (secondary N) is 2. The Kier molecular flexibility index (Phi) is 5.17. The minimum absolute atomic E-state index is 0.0422. The van der Waals surface area contributed by atoms with E-state index >= 15 is 0 Å². The van der Waals surface area contributed by atoms with Crippen LogP contribution < -0.4 is 10.3 Å². The number of anilines is 1. The molecule has 124 valence electrons. The Labute approximate surface area is 144 Å². The third-order valence-electron chi connectivity index (χ3n) is 3.54. The number of para-hydroxylation sites is 1. The van der Waals surface area contributed by atoms with Crippen molar-refractivity contribution < 1.29 is 14.6 Å². The van der Waals surface area contributed by atoms with Crippen LogP contribution in [-0.4, -0.2) is 23.0 Å². The lowest BCUT2D eigenvalue weighted by molar-refractivity contribution is -0.344. The van der Waals surface area contributed by atoms with Gasteiger partial charge in [-0.15, -0.1) is 0 Å². The molecule has 2 aromatic heterocycles. The van der Waals surface area contributed by atoms with Crippen molar-refractivity contribution in [3.8, 4) is 11.8 Å². The zero-order valence-corrected chi connectivity index (χ0v) is 13.3. The smallest absolute Gasteiger partial charge is 0.212 e. The lowest BCUT2D eigenvalue weighted by Gasteiger charge is -2.04. The van der Waals surface area contributed by atoms with E-state index in [-0.39, 0.29) is 5.69 Å². The van der Waals surface area contributed by atoms with Gasteiger partial charge in [0.15, 0.2) is 12.0 Å². The molecule has 0 spiro atoms. The molecule has 25 heavy (non-hydrogen) atoms. The summed E-state index contributed by atoms with van der Waals surface area (Å²) in [5.41, 5.74) is 2.49. The van der Waals surface area contributed by atoms with E-state index in [1.54, 1.807) is 0 Å². The second-order valence-electron chi connectivity index (χ2n) is 5.22. The van der Waals surface area contributed by atoms with Crippen molar-refractivity contribution in [2.24, 2.45) is 5.16 Å². The summed E-state index contributed by atoms with van der Waals surface area (Å²) in [6, 6.07) is 12.8. The highest BCUT2D eigenvalue weighted by Gasteiger charge is 2.04. The van der Waals surface area contributed by atoms with Crippen molar-refractivity contribution in [3.63, 3.8) is 0 Å². The Balaban J connectivity index is 1.62. The van der Waals surface area contributed by atoms with Gasteiger partial charge in [-0.25, -0.2) is 14.4 Å². The van der Waals surface area contributed by atoms with E-state index < -0.39 is 5.82 Å². The van der Waals surface area contributed by atoms with Crippen LogP contribution in [0.1, 0.15) is 17.8 Å². The van der Waals surface area contributed by atoms with Crippen LogP contribution in [0, 0.1) is 17.7 Å². The van der Waals surface area contributed by atoms with Crippen LogP contribution in [0.3, 0.4) is 0 Å². The summed E-state index contributed by atoms with van der Waals surface area (Å²) in [6.07, 6.45) is 3.44. The molecule has 0 fully saturated rings. The Bertz CT molecular complexity index is 971. The number of halogens is 1. The molecule has 0 atom stereocenters. The molecule has 6 heteroatoms. The fourth-order valence-electron chi connectivity index (χ4n) is 2.39. The van der Waals surface area contributed by atoms with Gasteiger partial charge in [0.1, 0.15) is 11.4 Å². The van der Waals surface area contributed by atoms with Gasteiger partial charge in [0.05, 0.1) is 17.3 Å². The highest BCUT2D eigenvalue weighted by Crippen LogP contribution is 2.18. The Hall–Kier alpha value is -3.46. The fraction of sp³-hybridized carbons (Fsp3) is 0.105. The van der Waals surface area contributed by atoms with Crippen LogP contribution in [0.25, 0.3) is 10.9 Å². The van der Waals surface area contributed by atoms with Crippen molar-refractivity contribution in [2.45, 2.75) is 6.42 Å². The number of oxime groups is 1. The third-order valence-corrected chi connectivity index (χ3v) is 3.54. The summed E-state index contributed by atoms with van der Waals surface area (Å²) in [6.45, 7) is 0.674. The second kappa shape index (κ2) is 7.88. The number of hydrogen-bond donors (Lipinski definition) is 2. The first-order valence-electron chi connectivity index (χ1n) is 7.74. The number of H-pyrrole nitrogens is 1. The maximum absolute atomic E-state index is 13.4. The summed E-state index contributed by atoms with van der Waals surface area (Å²) in [5.74, 6) is 5.32. The highest BCUT2D eigenvalue weighted by atomic mass is 19.1. The number of hydrogen-bond acceptors (Lipinski definition) is 4. The van der Waals surface area contributed by atoms with Crippen LogP contribution >= 0.6 is 0 Å². The third kappa shape index (κ3) is 4.09. The van der Waals surface area contributed by atoms with Crippen molar-refractivity contribution in [1.29, 1.82) is 0 Å². The zero-order chi connectivity index (χ0) is 17.5. The van der Waals surface area contributed by atoms with Crippen molar-refractivity contribution in [3.05, 3.63) is 65.9 Å². The number of aromatic nitrogens is 2. The molecule has 0 aliphatic carbocycles. The average Bonchev–Trinajstić information content (AvgIpc) is 2.64. The van der Waals surface area contributed by atoms with Crippen LogP contribution in [-0.2, 0) is 0 Å². The molecule has 5 nitrogen and oxygen atoms in total. The van der Waals surface area contributed by atoms with Gasteiger partial charge in [-0.1, -0.05) is 23.2 Å². The molecular formula is C19H16FN4O+. The topological polar surface area (TPSA) is 71.7 Å². The standard InChI is InChI=1S/C19H15FN4O/c20-16-9-8-14(24-19(16)13-23-25)5-3-4-11-21-18-10-12-22-17-7-2-1-6-15(17)18/h1-2,6-10,12-13,25H,4,11H2,(H,21,22)/p+1/b23-13+. The molecule has 1 aromatic carbocycles. The first-order valence-corrected chi connectivity index (χ1v) is 7.74. The van der Waals surface area contributed by atoms with E-state index in [0.717, 1.165) is 22.8 Å². The number of aromatic amines is 1. The summed E-state index contributed by atoms with van der Waals surface area (Å²) in [4.78, 5) is 7.18. The lowest BCUT2D eigenvalue weighted by atomic mass is 10.2. The minimum atomic E-state index is -0.558. The molecule has 3 aromatic rings. The summed E-state index contributed by atoms with van der Waals surface area (Å²) in [7, 11) is 0. The van der Waals surface area contributed by atoms with E-state index in [2.05, 4.69) is 32.3 Å². The molecule has 0 unspecified atom stereocenters. The number of pyridine rings is 2. The summed E-state index contributed by atoms with van der Waals surface area (Å²) < 4.78 is 13.4. The van der Waals surface area contributed by atoms with Gasteiger partial charge in [0.25, 0.3) is 0 Å². The van der Waals surface area contributed by atoms with Crippen LogP contribution in [0.4, 0.5) is 10.1 Å². The molecule has 0 amide bonds. The maximum atomic E-state index is 13.4. The first kappa shape index (κ1) is 16.4. The number of nitrogens with zero attached hydrogens (tertiary/aromatic N) is 2. The SMILES string of the molecule is O/N=C/c1nc(C#CCCNc2cc[nH+]c3ccccc23)ccc1F. The maximum Gasteiger partial charge on any atom is 0.212 e. The van der Waals surface area contributed by atoms with Gasteiger partial charge in [-0.2, -0.15) is 0 Å². The monoisotopic (exact) mass is 335 g/mol. The van der Waals surface area contributed by atoms with E-state index in [9.17, 15) is 4.39 Å². The minimum Gasteiger partial charge on any atom is -0.411 e. The fourth-order valence-corrected chi connectivity index (χ4v) is 2.39. The van der Waals surface area contributed by atoms with Crippen molar-refractivity contribution in [1.82, 2.24) is 4.98 Å². The number of rotatable bonds is 4. The first-order chi connectivity index (χ1) is 12.3. The molecule has 0 aliphatic rings. The van der Waals surface area contributed by atoms with Gasteiger partial charge in [-0.3, -0.25) is 0 Å². The van der Waals surface area contributed by atoms with Crippen molar-refractivity contribution >= 4 is 22.8 Å². The lowest BCUT2D eigenvalue weighted by Crippen LogP contribution is -2.06. The van der Waals surface area contributed by atoms with E-state index in [1.165, 1.54) is 12.1 Å². The van der Waals surface area contributed by atoms with Gasteiger partial charge in [-0.05, 0) is 24.1 Å². The van der Waals surface area contributed by atoms with Crippen molar-refractivity contribution in [2.75, 3.05) is 11.9 Å². The molecule has 0 saturated heterocycles. The quantitative estimate of drug-likeness (QED) is 0.253. The average molecular weight is 335 g/mol. The molecule has 3 N–H and O–H groups in total. The predicted octanol–water partition coefficient (Wildman–Crippen LogP) is 2.85. The normalized spacial score (nSPS) is 10.6. The molecule has 0 saturated carbocycles. The van der Waals surface area contributed by atoms with Crippen LogP contribution in [0.15, 0.2) is 53.8 Å². The largest absolute Gasteiger partial charge is 0.411 e. The molecular weight excluding hydrogens is 319 g/mol. The zero-order valence-electron chi connectivity index (χ0n) is 13.3. The van der Waals surface area contributed by atoms with E-state index in [1.807, 2.05) is 36.5 Å². The molecule has 2 heterocycles. The van der Waals surface area contributed by atoms with Gasteiger partial charge in [0.2, 0.25) is 5.52 Å². The Morgan fingerprint density at radius 1 is 1.24 bits per heavy atom. The molecule has 3 rings (SSSR count). The Morgan fingerprint density at radius 3 is 3.00 bits per heavy atom. The van der Waals surface area contributed by atoms with Gasteiger partial charge in [0, 0.05) is 25.1 Å². The van der Waals surface area contributed by atoms with E-state index in [0.29, 0.717) is 18.7 Å². The summed E-state index contributed by atoms with van der Waals surface area (Å²) in [5, 5.41) is 15.7. The molecule has 0 aliphatic heterocycles. The highest BCUT2D eigenvalue weighted by molar-refractivity contribution is 5.88. The number of fused-ring (bicyclic) bond motifs is 1.